The van der Waals surface area contributed by atoms with E-state index in [-0.39, 0.29) is 11.9 Å². The number of aryl methyl sites for hydroxylation is 1. The first kappa shape index (κ1) is 24.5. The number of hydrogen-bond donors (Lipinski definition) is 2. The lowest BCUT2D eigenvalue weighted by Crippen LogP contribution is -2.46. The van der Waals surface area contributed by atoms with Crippen LogP contribution in [-0.2, 0) is 7.05 Å². The molecule has 0 radical (unpaired) electrons. The Bertz CT molecular complexity index is 965. The third kappa shape index (κ3) is 6.35. The van der Waals surface area contributed by atoms with Crippen molar-refractivity contribution in [3.8, 4) is 0 Å². The summed E-state index contributed by atoms with van der Waals surface area (Å²) in [6.07, 6.45) is 18.1. The van der Waals surface area contributed by atoms with Crippen molar-refractivity contribution in [2.75, 3.05) is 25.0 Å². The number of amides is 1. The van der Waals surface area contributed by atoms with E-state index in [1.807, 2.05) is 19.2 Å². The summed E-state index contributed by atoms with van der Waals surface area (Å²) in [5.41, 5.74) is 1.27. The van der Waals surface area contributed by atoms with Crippen LogP contribution in [0.4, 0.5) is 5.82 Å². The van der Waals surface area contributed by atoms with Crippen LogP contribution in [0, 0.1) is 5.92 Å². The second kappa shape index (κ2) is 11.7. The zero-order valence-corrected chi connectivity index (χ0v) is 21.6. The SMILES string of the molecule is Cn1nc(C(=O)NC2CCN(CC3CCCCC3)CC2)c2ccc(NC3CCCCCCC3)nc21. The smallest absolute Gasteiger partial charge is 0.272 e. The molecule has 0 unspecified atom stereocenters. The minimum Gasteiger partial charge on any atom is -0.367 e. The van der Waals surface area contributed by atoms with Crippen LogP contribution in [0.2, 0.25) is 0 Å². The van der Waals surface area contributed by atoms with Gasteiger partial charge in [-0.25, -0.2) is 9.67 Å². The van der Waals surface area contributed by atoms with Crippen molar-refractivity contribution in [3.63, 3.8) is 0 Å². The van der Waals surface area contributed by atoms with Gasteiger partial charge in [0.2, 0.25) is 0 Å². The highest BCUT2D eigenvalue weighted by Crippen LogP contribution is 2.26. The number of piperidine rings is 1. The van der Waals surface area contributed by atoms with Crippen LogP contribution in [-0.4, -0.2) is 57.3 Å². The fourth-order valence-electron chi connectivity index (χ4n) is 6.44. The van der Waals surface area contributed by atoms with Gasteiger partial charge >= 0.3 is 0 Å². The van der Waals surface area contributed by atoms with Crippen LogP contribution in [0.15, 0.2) is 12.1 Å². The molecule has 2 saturated carbocycles. The van der Waals surface area contributed by atoms with Crippen molar-refractivity contribution in [2.45, 2.75) is 102 Å². The minimum absolute atomic E-state index is 0.0659. The maximum absolute atomic E-state index is 13.2. The number of rotatable bonds is 6. The summed E-state index contributed by atoms with van der Waals surface area (Å²) < 4.78 is 1.75. The molecule has 5 rings (SSSR count). The van der Waals surface area contributed by atoms with Gasteiger partial charge in [-0.2, -0.15) is 5.10 Å². The van der Waals surface area contributed by atoms with Gasteiger partial charge in [0.05, 0.1) is 5.39 Å². The van der Waals surface area contributed by atoms with Gasteiger partial charge in [0.25, 0.3) is 5.91 Å². The summed E-state index contributed by atoms with van der Waals surface area (Å²) in [6, 6.07) is 4.75. The zero-order chi connectivity index (χ0) is 24.0. The van der Waals surface area contributed by atoms with Gasteiger partial charge < -0.3 is 15.5 Å². The zero-order valence-electron chi connectivity index (χ0n) is 21.6. The first-order chi connectivity index (χ1) is 17.2. The Morgan fingerprint density at radius 1 is 0.886 bits per heavy atom. The number of aromatic nitrogens is 3. The molecule has 2 aromatic rings. The van der Waals surface area contributed by atoms with E-state index in [1.165, 1.54) is 83.6 Å². The first-order valence-corrected chi connectivity index (χ1v) is 14.3. The number of nitrogens with zero attached hydrogens (tertiary/aromatic N) is 4. The van der Waals surface area contributed by atoms with Crippen LogP contribution in [0.25, 0.3) is 11.0 Å². The fourth-order valence-corrected chi connectivity index (χ4v) is 6.44. The molecule has 0 atom stereocenters. The van der Waals surface area contributed by atoms with Crippen molar-refractivity contribution in [2.24, 2.45) is 13.0 Å². The lowest BCUT2D eigenvalue weighted by atomic mass is 9.88. The number of anilines is 1. The van der Waals surface area contributed by atoms with E-state index in [2.05, 4.69) is 20.6 Å². The third-order valence-corrected chi connectivity index (χ3v) is 8.52. The molecule has 3 aliphatic rings. The monoisotopic (exact) mass is 480 g/mol. The average Bonchev–Trinajstić information content (AvgIpc) is 3.19. The van der Waals surface area contributed by atoms with E-state index in [1.54, 1.807) is 4.68 Å². The van der Waals surface area contributed by atoms with Crippen molar-refractivity contribution < 1.29 is 4.79 Å². The molecule has 7 heteroatoms. The molecule has 0 spiro atoms. The maximum Gasteiger partial charge on any atom is 0.272 e. The molecule has 2 aliphatic carbocycles. The number of pyridine rings is 1. The summed E-state index contributed by atoms with van der Waals surface area (Å²) in [5.74, 6) is 1.71. The van der Waals surface area contributed by atoms with Gasteiger partial charge in [-0.1, -0.05) is 51.4 Å². The predicted octanol–water partition coefficient (Wildman–Crippen LogP) is 5.27. The highest BCUT2D eigenvalue weighted by molar-refractivity contribution is 6.04. The molecule has 2 N–H and O–H groups in total. The second-order valence-electron chi connectivity index (χ2n) is 11.3. The summed E-state index contributed by atoms with van der Waals surface area (Å²) >= 11 is 0. The Labute approximate surface area is 210 Å². The van der Waals surface area contributed by atoms with Crippen LogP contribution in [0.5, 0.6) is 0 Å². The third-order valence-electron chi connectivity index (χ3n) is 8.52. The number of likely N-dealkylation sites (tertiary alicyclic amines) is 1. The molecular weight excluding hydrogens is 436 g/mol. The maximum atomic E-state index is 13.2. The molecule has 35 heavy (non-hydrogen) atoms. The van der Waals surface area contributed by atoms with Gasteiger partial charge in [-0.15, -0.1) is 0 Å². The number of hydrogen-bond acceptors (Lipinski definition) is 5. The molecule has 3 fully saturated rings. The van der Waals surface area contributed by atoms with Crippen molar-refractivity contribution in [1.82, 2.24) is 25.0 Å². The Hall–Kier alpha value is -2.15. The quantitative estimate of drug-likeness (QED) is 0.589. The Balaban J connectivity index is 1.17. The van der Waals surface area contributed by atoms with Gasteiger partial charge in [-0.3, -0.25) is 4.79 Å². The topological polar surface area (TPSA) is 75.1 Å². The highest BCUT2D eigenvalue weighted by atomic mass is 16.2. The van der Waals surface area contributed by atoms with Gasteiger partial charge in [0.1, 0.15) is 5.82 Å². The van der Waals surface area contributed by atoms with Crippen molar-refractivity contribution >= 4 is 22.8 Å². The molecule has 0 bridgehead atoms. The van der Waals surface area contributed by atoms with Gasteiger partial charge in [-0.05, 0) is 56.6 Å². The summed E-state index contributed by atoms with van der Waals surface area (Å²) in [4.78, 5) is 20.6. The second-order valence-corrected chi connectivity index (χ2v) is 11.3. The number of carbonyl (C=O) groups excluding carboxylic acids is 1. The minimum atomic E-state index is -0.0659. The number of fused-ring (bicyclic) bond motifs is 1. The molecule has 2 aromatic heterocycles. The van der Waals surface area contributed by atoms with E-state index < -0.39 is 0 Å². The van der Waals surface area contributed by atoms with E-state index >= 15 is 0 Å². The van der Waals surface area contributed by atoms with E-state index in [4.69, 9.17) is 4.98 Å². The molecule has 7 nitrogen and oxygen atoms in total. The van der Waals surface area contributed by atoms with Crippen LogP contribution in [0.1, 0.15) is 100 Å². The molecule has 3 heterocycles. The summed E-state index contributed by atoms with van der Waals surface area (Å²) in [7, 11) is 1.88. The Morgan fingerprint density at radius 3 is 2.29 bits per heavy atom. The summed E-state index contributed by atoms with van der Waals surface area (Å²) in [5, 5.41) is 12.3. The Morgan fingerprint density at radius 2 is 1.54 bits per heavy atom. The molecule has 1 aliphatic heterocycles. The lowest BCUT2D eigenvalue weighted by molar-refractivity contribution is 0.0897. The van der Waals surface area contributed by atoms with Gasteiger partial charge in [0.15, 0.2) is 11.3 Å². The number of carbonyl (C=O) groups is 1. The molecule has 1 amide bonds. The predicted molar refractivity (Wildman–Crippen MR) is 142 cm³/mol. The Kier molecular flexibility index (Phi) is 8.22. The number of nitrogens with one attached hydrogen (secondary N) is 2. The lowest BCUT2D eigenvalue weighted by Gasteiger charge is -2.35. The van der Waals surface area contributed by atoms with Crippen molar-refractivity contribution in [1.29, 1.82) is 0 Å². The summed E-state index contributed by atoms with van der Waals surface area (Å²) in [6.45, 7) is 3.42. The highest BCUT2D eigenvalue weighted by Gasteiger charge is 2.26. The largest absolute Gasteiger partial charge is 0.367 e. The first-order valence-electron chi connectivity index (χ1n) is 14.3. The molecule has 192 valence electrons. The van der Waals surface area contributed by atoms with Crippen LogP contribution >= 0.6 is 0 Å². The van der Waals surface area contributed by atoms with E-state index in [0.717, 1.165) is 48.7 Å². The van der Waals surface area contributed by atoms with E-state index in [9.17, 15) is 4.79 Å². The van der Waals surface area contributed by atoms with Crippen molar-refractivity contribution in [3.05, 3.63) is 17.8 Å². The fraction of sp³-hybridized carbons (Fsp3) is 0.750. The average molecular weight is 481 g/mol. The van der Waals surface area contributed by atoms with Crippen LogP contribution in [0.3, 0.4) is 0 Å². The molecular formula is C28H44N6O. The standard InChI is InChI=1S/C28H44N6O/c1-33-27-24(14-15-25(31-27)29-22-12-8-3-2-4-9-13-22)26(32-33)28(35)30-23-16-18-34(19-17-23)20-21-10-6-5-7-11-21/h14-15,21-23H,2-13,16-20H2,1H3,(H,29,31)(H,30,35). The van der Waals surface area contributed by atoms with E-state index in [0.29, 0.717) is 11.7 Å². The molecule has 1 saturated heterocycles. The van der Waals surface area contributed by atoms with Crippen LogP contribution < -0.4 is 10.6 Å². The van der Waals surface area contributed by atoms with Gasteiger partial charge in [0, 0.05) is 38.8 Å². The molecule has 0 aromatic carbocycles. The normalized spacial score (nSPS) is 22.1.